The van der Waals surface area contributed by atoms with Crippen LogP contribution in [0.4, 0.5) is 10.5 Å². The lowest BCUT2D eigenvalue weighted by Gasteiger charge is -2.18. The molecule has 0 saturated heterocycles. The van der Waals surface area contributed by atoms with E-state index in [2.05, 4.69) is 10.6 Å². The summed E-state index contributed by atoms with van der Waals surface area (Å²) in [5.41, 5.74) is 2.37. The molecule has 0 atom stereocenters. The summed E-state index contributed by atoms with van der Waals surface area (Å²) in [4.78, 5) is 36.3. The normalized spacial score (nSPS) is 10.1. The standard InChI is InChI=1S/C21H25N3O5/c1-15-12-17(29-14-20(26)27)8-9-18(15)23-19(25)10-11-22-21(28)24(2)13-16-6-4-3-5-7-16/h3-9,12H,10-11,13-14H2,1-2H3,(H,22,28)(H,23,25)(H,26,27). The van der Waals surface area contributed by atoms with Crippen molar-refractivity contribution in [2.45, 2.75) is 19.9 Å². The monoisotopic (exact) mass is 399 g/mol. The van der Waals surface area contributed by atoms with E-state index in [-0.39, 0.29) is 24.9 Å². The molecule has 2 aromatic carbocycles. The predicted molar refractivity (Wildman–Crippen MR) is 109 cm³/mol. The number of nitrogens with zero attached hydrogens (tertiary/aromatic N) is 1. The van der Waals surface area contributed by atoms with Gasteiger partial charge in [-0.3, -0.25) is 4.79 Å². The third kappa shape index (κ3) is 7.53. The molecule has 0 aliphatic carbocycles. The van der Waals surface area contributed by atoms with Gasteiger partial charge in [-0.05, 0) is 36.2 Å². The molecule has 2 aromatic rings. The second-order valence-corrected chi connectivity index (χ2v) is 6.53. The van der Waals surface area contributed by atoms with Crippen LogP contribution in [0, 0.1) is 6.92 Å². The van der Waals surface area contributed by atoms with Gasteiger partial charge in [-0.1, -0.05) is 30.3 Å². The Labute approximate surface area is 169 Å². The Morgan fingerprint density at radius 1 is 1.10 bits per heavy atom. The number of anilines is 1. The molecule has 0 heterocycles. The van der Waals surface area contributed by atoms with Gasteiger partial charge in [-0.25, -0.2) is 9.59 Å². The Hall–Kier alpha value is -3.55. The van der Waals surface area contributed by atoms with Crippen molar-refractivity contribution in [3.05, 3.63) is 59.7 Å². The quantitative estimate of drug-likeness (QED) is 0.601. The van der Waals surface area contributed by atoms with Crippen LogP contribution in [-0.2, 0) is 16.1 Å². The molecule has 0 fully saturated rings. The van der Waals surface area contributed by atoms with Crippen LogP contribution < -0.4 is 15.4 Å². The van der Waals surface area contributed by atoms with Gasteiger partial charge in [0.1, 0.15) is 5.75 Å². The number of ether oxygens (including phenoxy) is 1. The van der Waals surface area contributed by atoms with E-state index >= 15 is 0 Å². The molecule has 154 valence electrons. The van der Waals surface area contributed by atoms with E-state index < -0.39 is 12.6 Å². The largest absolute Gasteiger partial charge is 0.482 e. The van der Waals surface area contributed by atoms with Crippen LogP contribution in [0.3, 0.4) is 0 Å². The fourth-order valence-electron chi connectivity index (χ4n) is 2.57. The molecule has 29 heavy (non-hydrogen) atoms. The number of carbonyl (C=O) groups excluding carboxylic acids is 2. The van der Waals surface area contributed by atoms with Gasteiger partial charge >= 0.3 is 12.0 Å². The molecular weight excluding hydrogens is 374 g/mol. The van der Waals surface area contributed by atoms with Gasteiger partial charge in [0.25, 0.3) is 0 Å². The van der Waals surface area contributed by atoms with Crippen LogP contribution in [0.1, 0.15) is 17.5 Å². The predicted octanol–water partition coefficient (Wildman–Crippen LogP) is 2.63. The first-order chi connectivity index (χ1) is 13.8. The topological polar surface area (TPSA) is 108 Å². The molecule has 0 radical (unpaired) electrons. The van der Waals surface area contributed by atoms with Crippen molar-refractivity contribution in [2.24, 2.45) is 0 Å². The summed E-state index contributed by atoms with van der Waals surface area (Å²) in [5.74, 6) is -0.883. The summed E-state index contributed by atoms with van der Waals surface area (Å²) in [6.45, 7) is 2.05. The lowest BCUT2D eigenvalue weighted by Crippen LogP contribution is -2.38. The highest BCUT2D eigenvalue weighted by atomic mass is 16.5. The molecule has 2 rings (SSSR count). The lowest BCUT2D eigenvalue weighted by molar-refractivity contribution is -0.139. The van der Waals surface area contributed by atoms with E-state index in [0.717, 1.165) is 11.1 Å². The Balaban J connectivity index is 1.75. The molecule has 0 aromatic heterocycles. The summed E-state index contributed by atoms with van der Waals surface area (Å²) in [7, 11) is 1.69. The molecule has 8 heteroatoms. The third-order valence-electron chi connectivity index (χ3n) is 4.07. The first-order valence-corrected chi connectivity index (χ1v) is 9.13. The fraction of sp³-hybridized carbons (Fsp3) is 0.286. The number of carboxylic acids is 1. The van der Waals surface area contributed by atoms with Crippen LogP contribution in [0.5, 0.6) is 5.75 Å². The van der Waals surface area contributed by atoms with Crippen molar-refractivity contribution in [3.63, 3.8) is 0 Å². The van der Waals surface area contributed by atoms with Gasteiger partial charge in [0.2, 0.25) is 5.91 Å². The molecule has 3 amide bonds. The Kier molecular flexibility index (Phi) is 8.02. The van der Waals surface area contributed by atoms with Gasteiger partial charge in [0.15, 0.2) is 6.61 Å². The van der Waals surface area contributed by atoms with Crippen molar-refractivity contribution in [1.82, 2.24) is 10.2 Å². The number of aliphatic carboxylic acids is 1. The van der Waals surface area contributed by atoms with Crippen LogP contribution in [-0.4, -0.2) is 48.1 Å². The molecule has 0 unspecified atom stereocenters. The Morgan fingerprint density at radius 3 is 2.48 bits per heavy atom. The summed E-state index contributed by atoms with van der Waals surface area (Å²) >= 11 is 0. The smallest absolute Gasteiger partial charge is 0.341 e. The number of hydrogen-bond acceptors (Lipinski definition) is 4. The maximum Gasteiger partial charge on any atom is 0.341 e. The van der Waals surface area contributed by atoms with Crippen LogP contribution in [0.25, 0.3) is 0 Å². The van der Waals surface area contributed by atoms with Gasteiger partial charge in [-0.2, -0.15) is 0 Å². The van der Waals surface area contributed by atoms with Crippen molar-refractivity contribution >= 4 is 23.6 Å². The highest BCUT2D eigenvalue weighted by Crippen LogP contribution is 2.21. The number of hydrogen-bond donors (Lipinski definition) is 3. The minimum atomic E-state index is -1.06. The number of carboxylic acid groups (broad SMARTS) is 1. The van der Waals surface area contributed by atoms with Gasteiger partial charge < -0.3 is 25.4 Å². The first kappa shape index (κ1) is 21.7. The minimum absolute atomic E-state index is 0.127. The van der Waals surface area contributed by atoms with E-state index in [9.17, 15) is 14.4 Å². The summed E-state index contributed by atoms with van der Waals surface area (Å²) in [6.07, 6.45) is 0.127. The number of rotatable bonds is 9. The maximum absolute atomic E-state index is 12.1. The van der Waals surface area contributed by atoms with E-state index in [0.29, 0.717) is 18.0 Å². The Bertz CT molecular complexity index is 855. The zero-order valence-corrected chi connectivity index (χ0v) is 16.5. The summed E-state index contributed by atoms with van der Waals surface area (Å²) in [5, 5.41) is 14.1. The molecule has 0 saturated carbocycles. The molecule has 3 N–H and O–H groups in total. The number of carbonyl (C=O) groups is 3. The molecule has 0 bridgehead atoms. The van der Waals surface area contributed by atoms with Crippen LogP contribution in [0.2, 0.25) is 0 Å². The second kappa shape index (κ2) is 10.7. The summed E-state index contributed by atoms with van der Waals surface area (Å²) in [6, 6.07) is 14.3. The highest BCUT2D eigenvalue weighted by Gasteiger charge is 2.11. The van der Waals surface area contributed by atoms with Gasteiger partial charge in [0, 0.05) is 32.2 Å². The number of aryl methyl sites for hydroxylation is 1. The molecular formula is C21H25N3O5. The average Bonchev–Trinajstić information content (AvgIpc) is 2.69. The van der Waals surface area contributed by atoms with Crippen molar-refractivity contribution in [2.75, 3.05) is 25.5 Å². The molecule has 0 aliphatic heterocycles. The zero-order valence-electron chi connectivity index (χ0n) is 16.5. The number of urea groups is 1. The average molecular weight is 399 g/mol. The van der Waals surface area contributed by atoms with Crippen molar-refractivity contribution in [3.8, 4) is 5.75 Å². The van der Waals surface area contributed by atoms with E-state index in [1.165, 1.54) is 0 Å². The van der Waals surface area contributed by atoms with Crippen LogP contribution >= 0.6 is 0 Å². The Morgan fingerprint density at radius 2 is 1.83 bits per heavy atom. The number of nitrogens with one attached hydrogen (secondary N) is 2. The second-order valence-electron chi connectivity index (χ2n) is 6.53. The molecule has 0 spiro atoms. The highest BCUT2D eigenvalue weighted by molar-refractivity contribution is 5.92. The van der Waals surface area contributed by atoms with E-state index in [4.69, 9.17) is 9.84 Å². The van der Waals surface area contributed by atoms with Gasteiger partial charge in [0.05, 0.1) is 0 Å². The molecule has 8 nitrogen and oxygen atoms in total. The van der Waals surface area contributed by atoms with Crippen LogP contribution in [0.15, 0.2) is 48.5 Å². The zero-order chi connectivity index (χ0) is 21.2. The molecule has 0 aliphatic rings. The SMILES string of the molecule is Cc1cc(OCC(=O)O)ccc1NC(=O)CCNC(=O)N(C)Cc1ccccc1. The first-order valence-electron chi connectivity index (χ1n) is 9.13. The number of benzene rings is 2. The minimum Gasteiger partial charge on any atom is -0.482 e. The lowest BCUT2D eigenvalue weighted by atomic mass is 10.2. The van der Waals surface area contributed by atoms with E-state index in [1.54, 1.807) is 37.1 Å². The fourth-order valence-corrected chi connectivity index (χ4v) is 2.57. The third-order valence-corrected chi connectivity index (χ3v) is 4.07. The van der Waals surface area contributed by atoms with Crippen molar-refractivity contribution < 1.29 is 24.2 Å². The van der Waals surface area contributed by atoms with Gasteiger partial charge in [-0.15, -0.1) is 0 Å². The summed E-state index contributed by atoms with van der Waals surface area (Å²) < 4.78 is 5.10. The maximum atomic E-state index is 12.1. The van der Waals surface area contributed by atoms with Crippen molar-refractivity contribution in [1.29, 1.82) is 0 Å². The van der Waals surface area contributed by atoms with E-state index in [1.807, 2.05) is 30.3 Å². The number of amides is 3.